The highest BCUT2D eigenvalue weighted by Crippen LogP contribution is 2.09. The van der Waals surface area contributed by atoms with E-state index < -0.39 is 6.09 Å². The van der Waals surface area contributed by atoms with Gasteiger partial charge in [0, 0.05) is 12.5 Å². The van der Waals surface area contributed by atoms with Gasteiger partial charge in [0.1, 0.15) is 11.5 Å². The summed E-state index contributed by atoms with van der Waals surface area (Å²) in [5.41, 5.74) is 0. The molecule has 0 saturated heterocycles. The summed E-state index contributed by atoms with van der Waals surface area (Å²) >= 11 is 0. The van der Waals surface area contributed by atoms with Crippen molar-refractivity contribution in [2.45, 2.75) is 25.8 Å². The number of furan rings is 1. The predicted molar refractivity (Wildman–Crippen MR) is 72.1 cm³/mol. The molecule has 2 aromatic rings. The van der Waals surface area contributed by atoms with Crippen LogP contribution in [0.5, 0.6) is 5.75 Å². The van der Waals surface area contributed by atoms with Crippen LogP contribution in [0.4, 0.5) is 4.79 Å². The van der Waals surface area contributed by atoms with Crippen molar-refractivity contribution in [2.75, 3.05) is 0 Å². The van der Waals surface area contributed by atoms with Gasteiger partial charge in [-0.1, -0.05) is 18.2 Å². The van der Waals surface area contributed by atoms with Crippen molar-refractivity contribution in [3.8, 4) is 5.75 Å². The van der Waals surface area contributed by atoms with Crippen LogP contribution in [-0.2, 0) is 6.42 Å². The molecule has 100 valence electrons. The van der Waals surface area contributed by atoms with Gasteiger partial charge in [0.05, 0.1) is 6.26 Å². The molecular formula is C15H17NO3. The summed E-state index contributed by atoms with van der Waals surface area (Å²) in [4.78, 5) is 11.6. The third kappa shape index (κ3) is 4.50. The van der Waals surface area contributed by atoms with Crippen LogP contribution in [-0.4, -0.2) is 12.1 Å². The van der Waals surface area contributed by atoms with Gasteiger partial charge in [0.2, 0.25) is 0 Å². The number of aryl methyl sites for hydroxylation is 1. The molecule has 0 radical (unpaired) electrons. The zero-order valence-corrected chi connectivity index (χ0v) is 10.8. The van der Waals surface area contributed by atoms with Crippen LogP contribution < -0.4 is 10.1 Å². The van der Waals surface area contributed by atoms with Crippen molar-refractivity contribution in [2.24, 2.45) is 0 Å². The molecule has 0 spiro atoms. The number of hydrogen-bond acceptors (Lipinski definition) is 3. The molecule has 1 heterocycles. The molecule has 1 N–H and O–H groups in total. The summed E-state index contributed by atoms with van der Waals surface area (Å²) in [6.45, 7) is 1.94. The van der Waals surface area contributed by atoms with E-state index in [-0.39, 0.29) is 6.04 Å². The number of benzene rings is 1. The molecule has 1 amide bonds. The summed E-state index contributed by atoms with van der Waals surface area (Å²) in [7, 11) is 0. The highest BCUT2D eigenvalue weighted by atomic mass is 16.6. The topological polar surface area (TPSA) is 51.5 Å². The van der Waals surface area contributed by atoms with Gasteiger partial charge in [0.25, 0.3) is 0 Å². The third-order valence-electron chi connectivity index (χ3n) is 2.72. The van der Waals surface area contributed by atoms with Crippen LogP contribution in [0.15, 0.2) is 53.1 Å². The smallest absolute Gasteiger partial charge is 0.412 e. The van der Waals surface area contributed by atoms with Crippen LogP contribution in [0.1, 0.15) is 19.1 Å². The summed E-state index contributed by atoms with van der Waals surface area (Å²) < 4.78 is 10.4. The Hall–Kier alpha value is -2.23. The Morgan fingerprint density at radius 2 is 2.05 bits per heavy atom. The predicted octanol–water partition coefficient (Wildman–Crippen LogP) is 3.39. The van der Waals surface area contributed by atoms with Gasteiger partial charge in [-0.2, -0.15) is 0 Å². The minimum absolute atomic E-state index is 0.0290. The maximum absolute atomic E-state index is 11.6. The number of hydrogen-bond donors (Lipinski definition) is 1. The van der Waals surface area contributed by atoms with Crippen molar-refractivity contribution in [3.05, 3.63) is 54.5 Å². The van der Waals surface area contributed by atoms with E-state index in [4.69, 9.17) is 9.15 Å². The number of para-hydroxylation sites is 1. The SMILES string of the molecule is CC(CCc1ccco1)NC(=O)Oc1ccccc1. The van der Waals surface area contributed by atoms with Crippen LogP contribution in [0.2, 0.25) is 0 Å². The van der Waals surface area contributed by atoms with Crippen LogP contribution in [0.3, 0.4) is 0 Å². The molecule has 0 fully saturated rings. The Bertz CT molecular complexity index is 493. The van der Waals surface area contributed by atoms with E-state index in [1.807, 2.05) is 37.3 Å². The lowest BCUT2D eigenvalue weighted by molar-refractivity contribution is 0.196. The lowest BCUT2D eigenvalue weighted by Gasteiger charge is -2.13. The quantitative estimate of drug-likeness (QED) is 0.895. The molecule has 0 aliphatic heterocycles. The molecule has 0 aliphatic rings. The number of amides is 1. The molecule has 1 aromatic heterocycles. The summed E-state index contributed by atoms with van der Waals surface area (Å²) in [5.74, 6) is 1.46. The van der Waals surface area contributed by atoms with Gasteiger partial charge in [-0.05, 0) is 37.6 Å². The van der Waals surface area contributed by atoms with E-state index in [9.17, 15) is 4.79 Å². The largest absolute Gasteiger partial charge is 0.469 e. The van der Waals surface area contributed by atoms with Crippen molar-refractivity contribution in [1.82, 2.24) is 5.32 Å². The average Bonchev–Trinajstić information content (AvgIpc) is 2.90. The van der Waals surface area contributed by atoms with Gasteiger partial charge in [0.15, 0.2) is 0 Å². The van der Waals surface area contributed by atoms with E-state index in [1.165, 1.54) is 0 Å². The number of carbonyl (C=O) groups is 1. The van der Waals surface area contributed by atoms with E-state index in [1.54, 1.807) is 18.4 Å². The zero-order valence-electron chi connectivity index (χ0n) is 10.8. The first-order chi connectivity index (χ1) is 9.24. The molecule has 4 nitrogen and oxygen atoms in total. The monoisotopic (exact) mass is 259 g/mol. The van der Waals surface area contributed by atoms with Crippen molar-refractivity contribution in [3.63, 3.8) is 0 Å². The maximum Gasteiger partial charge on any atom is 0.412 e. The van der Waals surface area contributed by atoms with Gasteiger partial charge in [-0.25, -0.2) is 4.79 Å². The molecule has 1 atom stereocenters. The number of rotatable bonds is 5. The third-order valence-corrected chi connectivity index (χ3v) is 2.72. The van der Waals surface area contributed by atoms with Crippen molar-refractivity contribution >= 4 is 6.09 Å². The molecule has 0 aliphatic carbocycles. The fourth-order valence-corrected chi connectivity index (χ4v) is 1.71. The van der Waals surface area contributed by atoms with E-state index in [0.29, 0.717) is 5.75 Å². The Labute approximate surface area is 112 Å². The highest BCUT2D eigenvalue weighted by Gasteiger charge is 2.09. The minimum Gasteiger partial charge on any atom is -0.469 e. The molecule has 1 aromatic carbocycles. The second-order valence-corrected chi connectivity index (χ2v) is 4.37. The van der Waals surface area contributed by atoms with Gasteiger partial charge < -0.3 is 14.5 Å². The molecule has 1 unspecified atom stereocenters. The summed E-state index contributed by atoms with van der Waals surface area (Å²) in [6.07, 6.45) is 2.81. The fraction of sp³-hybridized carbons (Fsp3) is 0.267. The van der Waals surface area contributed by atoms with Crippen LogP contribution in [0.25, 0.3) is 0 Å². The molecule has 4 heteroatoms. The van der Waals surface area contributed by atoms with Crippen molar-refractivity contribution in [1.29, 1.82) is 0 Å². The second-order valence-electron chi connectivity index (χ2n) is 4.37. The number of nitrogens with one attached hydrogen (secondary N) is 1. The van der Waals surface area contributed by atoms with Crippen molar-refractivity contribution < 1.29 is 13.9 Å². The molecule has 0 saturated carbocycles. The van der Waals surface area contributed by atoms with Gasteiger partial charge >= 0.3 is 6.09 Å². The lowest BCUT2D eigenvalue weighted by Crippen LogP contribution is -2.35. The molecule has 0 bridgehead atoms. The fourth-order valence-electron chi connectivity index (χ4n) is 1.71. The van der Waals surface area contributed by atoms with E-state index in [2.05, 4.69) is 5.32 Å². The second kappa shape index (κ2) is 6.64. The summed E-state index contributed by atoms with van der Waals surface area (Å²) in [6, 6.07) is 12.8. The first kappa shape index (κ1) is 13.2. The zero-order chi connectivity index (χ0) is 13.5. The normalized spacial score (nSPS) is 11.8. The average molecular weight is 259 g/mol. The first-order valence-corrected chi connectivity index (χ1v) is 6.30. The van der Waals surface area contributed by atoms with Crippen LogP contribution >= 0.6 is 0 Å². The summed E-state index contributed by atoms with van der Waals surface area (Å²) in [5, 5.41) is 2.79. The maximum atomic E-state index is 11.6. The highest BCUT2D eigenvalue weighted by molar-refractivity contribution is 5.70. The Kier molecular flexibility index (Phi) is 4.61. The lowest BCUT2D eigenvalue weighted by atomic mass is 10.1. The van der Waals surface area contributed by atoms with E-state index >= 15 is 0 Å². The Morgan fingerprint density at radius 3 is 2.74 bits per heavy atom. The van der Waals surface area contributed by atoms with E-state index in [0.717, 1.165) is 18.6 Å². The Morgan fingerprint density at radius 1 is 1.26 bits per heavy atom. The Balaban J connectivity index is 1.72. The molecular weight excluding hydrogens is 242 g/mol. The van der Waals surface area contributed by atoms with Gasteiger partial charge in [-0.15, -0.1) is 0 Å². The van der Waals surface area contributed by atoms with Crippen LogP contribution in [0, 0.1) is 0 Å². The number of carbonyl (C=O) groups excluding carboxylic acids is 1. The number of ether oxygens (including phenoxy) is 1. The first-order valence-electron chi connectivity index (χ1n) is 6.30. The molecule has 2 rings (SSSR count). The minimum atomic E-state index is -0.432. The van der Waals surface area contributed by atoms with Gasteiger partial charge in [-0.3, -0.25) is 0 Å². The standard InChI is InChI=1S/C15H17NO3/c1-12(9-10-13-8-5-11-18-13)16-15(17)19-14-6-3-2-4-7-14/h2-8,11-12H,9-10H2,1H3,(H,16,17). The molecule has 19 heavy (non-hydrogen) atoms.